The van der Waals surface area contributed by atoms with E-state index in [4.69, 9.17) is 16.7 Å². The van der Waals surface area contributed by atoms with Gasteiger partial charge in [0.05, 0.1) is 16.5 Å². The number of hydrogen-bond acceptors (Lipinski definition) is 2. The first kappa shape index (κ1) is 14.7. The van der Waals surface area contributed by atoms with Gasteiger partial charge in [-0.05, 0) is 25.0 Å². The van der Waals surface area contributed by atoms with Crippen LogP contribution < -0.4 is 0 Å². The van der Waals surface area contributed by atoms with E-state index >= 15 is 0 Å². The third kappa shape index (κ3) is 2.90. The van der Waals surface area contributed by atoms with Gasteiger partial charge in [0.25, 0.3) is 5.91 Å². The molecule has 0 radical (unpaired) electrons. The second kappa shape index (κ2) is 5.75. The summed E-state index contributed by atoms with van der Waals surface area (Å²) >= 11 is 5.74. The number of aliphatic carboxylic acids is 1. The molecule has 1 aromatic carbocycles. The minimum Gasteiger partial charge on any atom is -0.481 e. The highest BCUT2D eigenvalue weighted by molar-refractivity contribution is 6.33. The lowest BCUT2D eigenvalue weighted by Crippen LogP contribution is -2.42. The molecule has 0 aromatic heterocycles. The molecule has 1 heterocycles. The molecule has 1 N–H and O–H groups in total. The molecule has 1 atom stereocenters. The number of rotatable bonds is 2. The number of nitrogens with zero attached hydrogens (tertiary/aromatic N) is 1. The highest BCUT2D eigenvalue weighted by Crippen LogP contribution is 2.24. The Kier molecular flexibility index (Phi) is 4.23. The van der Waals surface area contributed by atoms with Gasteiger partial charge in [-0.15, -0.1) is 0 Å². The number of carboxylic acid groups (broad SMARTS) is 1. The molecule has 0 aliphatic carbocycles. The summed E-state index contributed by atoms with van der Waals surface area (Å²) in [6, 6.07) is 1.48. The standard InChI is InChI=1S/C13H12ClF2NO3/c14-9-5-11(16)10(15)4-8(9)12(18)17-3-1-2-7(6-17)13(19)20/h4-5,7H,1-3,6H2,(H,19,20)/t7-/m1/s1. The number of carbonyl (C=O) groups is 2. The van der Waals surface area contributed by atoms with Crippen molar-refractivity contribution in [3.8, 4) is 0 Å². The number of carboxylic acids is 1. The smallest absolute Gasteiger partial charge is 0.308 e. The monoisotopic (exact) mass is 303 g/mol. The van der Waals surface area contributed by atoms with Gasteiger partial charge in [0.1, 0.15) is 0 Å². The van der Waals surface area contributed by atoms with Crippen LogP contribution in [0.3, 0.4) is 0 Å². The fraction of sp³-hybridized carbons (Fsp3) is 0.385. The first-order valence-corrected chi connectivity index (χ1v) is 6.44. The quantitative estimate of drug-likeness (QED) is 0.854. The molecule has 1 amide bonds. The molecule has 1 aliphatic rings. The van der Waals surface area contributed by atoms with Crippen LogP contribution in [0.2, 0.25) is 5.02 Å². The van der Waals surface area contributed by atoms with Gasteiger partial charge in [-0.25, -0.2) is 8.78 Å². The Morgan fingerprint density at radius 3 is 2.60 bits per heavy atom. The number of carbonyl (C=O) groups excluding carboxylic acids is 1. The number of benzene rings is 1. The van der Waals surface area contributed by atoms with E-state index in [1.165, 1.54) is 4.90 Å². The summed E-state index contributed by atoms with van der Waals surface area (Å²) in [5.41, 5.74) is -0.156. The molecule has 1 saturated heterocycles. The van der Waals surface area contributed by atoms with Crippen LogP contribution in [0.5, 0.6) is 0 Å². The normalized spacial score (nSPS) is 18.9. The molecule has 20 heavy (non-hydrogen) atoms. The highest BCUT2D eigenvalue weighted by atomic mass is 35.5. The van der Waals surface area contributed by atoms with Crippen LogP contribution in [-0.2, 0) is 4.79 Å². The molecule has 1 aromatic rings. The molecule has 2 rings (SSSR count). The maximum atomic E-state index is 13.2. The zero-order valence-corrected chi connectivity index (χ0v) is 11.2. The average molecular weight is 304 g/mol. The lowest BCUT2D eigenvalue weighted by molar-refractivity contribution is -0.143. The summed E-state index contributed by atoms with van der Waals surface area (Å²) in [5.74, 6) is -4.49. The third-order valence-electron chi connectivity index (χ3n) is 3.30. The van der Waals surface area contributed by atoms with Crippen LogP contribution in [0.25, 0.3) is 0 Å². The van der Waals surface area contributed by atoms with Gasteiger partial charge in [-0.2, -0.15) is 0 Å². The highest BCUT2D eigenvalue weighted by Gasteiger charge is 2.29. The van der Waals surface area contributed by atoms with Crippen LogP contribution in [0.1, 0.15) is 23.2 Å². The van der Waals surface area contributed by atoms with Gasteiger partial charge < -0.3 is 10.0 Å². The molecule has 0 spiro atoms. The molecule has 0 saturated carbocycles. The van der Waals surface area contributed by atoms with E-state index in [2.05, 4.69) is 0 Å². The number of amides is 1. The van der Waals surface area contributed by atoms with Crippen molar-refractivity contribution < 1.29 is 23.5 Å². The Bertz CT molecular complexity index is 565. The van der Waals surface area contributed by atoms with E-state index in [1.807, 2.05) is 0 Å². The van der Waals surface area contributed by atoms with Gasteiger partial charge >= 0.3 is 5.97 Å². The topological polar surface area (TPSA) is 57.6 Å². The minimum absolute atomic E-state index is 0.0451. The minimum atomic E-state index is -1.16. The van der Waals surface area contributed by atoms with Gasteiger partial charge in [0, 0.05) is 13.1 Å². The zero-order chi connectivity index (χ0) is 14.9. The maximum absolute atomic E-state index is 13.2. The molecule has 1 aliphatic heterocycles. The van der Waals surface area contributed by atoms with Crippen molar-refractivity contribution >= 4 is 23.5 Å². The van der Waals surface area contributed by atoms with Gasteiger partial charge in [0.2, 0.25) is 0 Å². The maximum Gasteiger partial charge on any atom is 0.308 e. The molecule has 4 nitrogen and oxygen atoms in total. The van der Waals surface area contributed by atoms with Crippen molar-refractivity contribution in [2.75, 3.05) is 13.1 Å². The fourth-order valence-electron chi connectivity index (χ4n) is 2.22. The fourth-order valence-corrected chi connectivity index (χ4v) is 2.45. The first-order valence-electron chi connectivity index (χ1n) is 6.06. The largest absolute Gasteiger partial charge is 0.481 e. The Morgan fingerprint density at radius 1 is 1.30 bits per heavy atom. The second-order valence-corrected chi connectivity index (χ2v) is 5.08. The third-order valence-corrected chi connectivity index (χ3v) is 3.61. The van der Waals surface area contributed by atoms with Crippen LogP contribution in [0, 0.1) is 17.6 Å². The van der Waals surface area contributed by atoms with Gasteiger partial charge in [-0.1, -0.05) is 11.6 Å². The van der Waals surface area contributed by atoms with E-state index in [0.717, 1.165) is 12.1 Å². The second-order valence-electron chi connectivity index (χ2n) is 4.67. The molecule has 7 heteroatoms. The van der Waals surface area contributed by atoms with Crippen LogP contribution >= 0.6 is 11.6 Å². The summed E-state index contributed by atoms with van der Waals surface area (Å²) in [7, 11) is 0. The summed E-state index contributed by atoms with van der Waals surface area (Å²) in [6.07, 6.45) is 1.04. The van der Waals surface area contributed by atoms with E-state index in [1.54, 1.807) is 0 Å². The molecular weight excluding hydrogens is 292 g/mol. The van der Waals surface area contributed by atoms with Crippen molar-refractivity contribution in [3.63, 3.8) is 0 Å². The lowest BCUT2D eigenvalue weighted by atomic mass is 9.97. The molecule has 0 unspecified atom stereocenters. The summed E-state index contributed by atoms with van der Waals surface area (Å²) < 4.78 is 26.2. The number of hydrogen-bond donors (Lipinski definition) is 1. The van der Waals surface area contributed by atoms with Crippen molar-refractivity contribution in [1.29, 1.82) is 0 Å². The Labute approximate surface area is 118 Å². The number of halogens is 3. The number of piperidine rings is 1. The predicted octanol–water partition coefficient (Wildman–Crippen LogP) is 2.56. The number of likely N-dealkylation sites (tertiary alicyclic amines) is 1. The zero-order valence-electron chi connectivity index (χ0n) is 10.4. The van der Waals surface area contributed by atoms with Crippen molar-refractivity contribution in [2.45, 2.75) is 12.8 Å². The molecular formula is C13H12ClF2NO3. The van der Waals surface area contributed by atoms with Crippen molar-refractivity contribution in [2.24, 2.45) is 5.92 Å². The summed E-state index contributed by atoms with van der Waals surface area (Å²) in [5, 5.41) is 8.78. The SMILES string of the molecule is O=C(O)[C@@H]1CCCN(C(=O)c2cc(F)c(F)cc2Cl)C1. The van der Waals surface area contributed by atoms with Crippen LogP contribution in [0.15, 0.2) is 12.1 Å². The summed E-state index contributed by atoms with van der Waals surface area (Å²) in [4.78, 5) is 24.5. The molecule has 1 fully saturated rings. The Balaban J connectivity index is 2.23. The molecule has 108 valence electrons. The summed E-state index contributed by atoms with van der Waals surface area (Å²) in [6.45, 7) is 0.418. The first-order chi connectivity index (χ1) is 9.40. The van der Waals surface area contributed by atoms with Crippen molar-refractivity contribution in [1.82, 2.24) is 4.90 Å². The van der Waals surface area contributed by atoms with Gasteiger partial charge in [0.15, 0.2) is 11.6 Å². The predicted molar refractivity (Wildman–Crippen MR) is 67.6 cm³/mol. The van der Waals surface area contributed by atoms with E-state index in [-0.39, 0.29) is 17.1 Å². The van der Waals surface area contributed by atoms with E-state index in [0.29, 0.717) is 19.4 Å². The molecule has 0 bridgehead atoms. The lowest BCUT2D eigenvalue weighted by Gasteiger charge is -2.31. The Morgan fingerprint density at radius 2 is 1.95 bits per heavy atom. The van der Waals surface area contributed by atoms with Crippen molar-refractivity contribution in [3.05, 3.63) is 34.4 Å². The Hall–Kier alpha value is -1.69. The van der Waals surface area contributed by atoms with E-state index < -0.39 is 29.4 Å². The van der Waals surface area contributed by atoms with Crippen LogP contribution in [-0.4, -0.2) is 35.0 Å². The van der Waals surface area contributed by atoms with Crippen LogP contribution in [0.4, 0.5) is 8.78 Å². The van der Waals surface area contributed by atoms with E-state index in [9.17, 15) is 18.4 Å². The van der Waals surface area contributed by atoms with Gasteiger partial charge in [-0.3, -0.25) is 9.59 Å². The average Bonchev–Trinajstić information content (AvgIpc) is 2.42.